The van der Waals surface area contributed by atoms with Crippen LogP contribution in [-0.4, -0.2) is 16.8 Å². The number of hydrogen-bond acceptors (Lipinski definition) is 3. The Balaban J connectivity index is 0.00000264. The van der Waals surface area contributed by atoms with E-state index < -0.39 is 0 Å². The van der Waals surface area contributed by atoms with Crippen LogP contribution in [0.5, 0.6) is 5.88 Å². The van der Waals surface area contributed by atoms with Crippen molar-refractivity contribution < 1.29 is 9.13 Å². The van der Waals surface area contributed by atoms with Crippen molar-refractivity contribution >= 4 is 24.0 Å². The van der Waals surface area contributed by atoms with Gasteiger partial charge in [0.1, 0.15) is 12.4 Å². The molecule has 4 nitrogen and oxygen atoms in total. The van der Waals surface area contributed by atoms with Crippen LogP contribution in [0.3, 0.4) is 0 Å². The van der Waals surface area contributed by atoms with Crippen molar-refractivity contribution in [3.8, 4) is 5.88 Å². The lowest BCUT2D eigenvalue weighted by Gasteiger charge is -2.11. The molecule has 128 valence electrons. The third kappa shape index (κ3) is 5.68. The lowest BCUT2D eigenvalue weighted by Crippen LogP contribution is -2.11. The fraction of sp³-hybridized carbons (Fsp3) is 0.438. The van der Waals surface area contributed by atoms with Crippen LogP contribution in [0.1, 0.15) is 25.1 Å². The van der Waals surface area contributed by atoms with Crippen LogP contribution in [0.2, 0.25) is 5.02 Å². The second-order valence-electron chi connectivity index (χ2n) is 5.60. The molecule has 0 atom stereocenters. The summed E-state index contributed by atoms with van der Waals surface area (Å²) in [6, 6.07) is 6.32. The molecule has 0 aliphatic rings. The van der Waals surface area contributed by atoms with Crippen molar-refractivity contribution in [1.82, 2.24) is 15.1 Å². The maximum absolute atomic E-state index is 13.7. The molecular formula is C16H22Cl2FN3O. The SMILES string of the molecule is CNCc1cc(OCc2cc(Cl)ccc2F)n(CC(C)C)n1.Cl. The minimum atomic E-state index is -0.324. The molecule has 1 N–H and O–H groups in total. The molecular weight excluding hydrogens is 340 g/mol. The van der Waals surface area contributed by atoms with Gasteiger partial charge in [0, 0.05) is 29.7 Å². The van der Waals surface area contributed by atoms with Crippen LogP contribution in [0.25, 0.3) is 0 Å². The Labute approximate surface area is 147 Å². The molecule has 0 spiro atoms. The zero-order valence-corrected chi connectivity index (χ0v) is 15.0. The van der Waals surface area contributed by atoms with Gasteiger partial charge in [-0.15, -0.1) is 12.4 Å². The maximum atomic E-state index is 13.7. The van der Waals surface area contributed by atoms with E-state index in [9.17, 15) is 4.39 Å². The van der Waals surface area contributed by atoms with Gasteiger partial charge in [0.05, 0.1) is 5.69 Å². The summed E-state index contributed by atoms with van der Waals surface area (Å²) in [5, 5.41) is 8.05. The highest BCUT2D eigenvalue weighted by Gasteiger charge is 2.12. The van der Waals surface area contributed by atoms with Crippen LogP contribution in [0.15, 0.2) is 24.3 Å². The van der Waals surface area contributed by atoms with Crippen molar-refractivity contribution in [2.24, 2.45) is 5.92 Å². The van der Waals surface area contributed by atoms with Gasteiger partial charge in [-0.05, 0) is 31.2 Å². The predicted molar refractivity (Wildman–Crippen MR) is 92.8 cm³/mol. The molecule has 1 aromatic heterocycles. The molecule has 7 heteroatoms. The van der Waals surface area contributed by atoms with Gasteiger partial charge in [-0.25, -0.2) is 9.07 Å². The summed E-state index contributed by atoms with van der Waals surface area (Å²) in [6.45, 7) is 5.75. The van der Waals surface area contributed by atoms with E-state index >= 15 is 0 Å². The van der Waals surface area contributed by atoms with Gasteiger partial charge in [-0.1, -0.05) is 25.4 Å². The van der Waals surface area contributed by atoms with Gasteiger partial charge in [0.25, 0.3) is 0 Å². The van der Waals surface area contributed by atoms with Gasteiger partial charge in [0.15, 0.2) is 0 Å². The molecule has 0 saturated heterocycles. The predicted octanol–water partition coefficient (Wildman–Crippen LogP) is 4.05. The Morgan fingerprint density at radius 3 is 2.74 bits per heavy atom. The fourth-order valence-corrected chi connectivity index (χ4v) is 2.31. The van der Waals surface area contributed by atoms with E-state index in [4.69, 9.17) is 16.3 Å². The average molecular weight is 362 g/mol. The van der Waals surface area contributed by atoms with Gasteiger partial charge in [-0.3, -0.25) is 0 Å². The summed E-state index contributed by atoms with van der Waals surface area (Å²) >= 11 is 5.90. The molecule has 0 bridgehead atoms. The Morgan fingerprint density at radius 1 is 1.35 bits per heavy atom. The normalized spacial score (nSPS) is 10.7. The first-order chi connectivity index (χ1) is 10.5. The van der Waals surface area contributed by atoms with E-state index in [-0.39, 0.29) is 24.8 Å². The summed E-state index contributed by atoms with van der Waals surface area (Å²) in [4.78, 5) is 0. The van der Waals surface area contributed by atoms with Crippen LogP contribution in [-0.2, 0) is 19.7 Å². The lowest BCUT2D eigenvalue weighted by atomic mass is 10.2. The van der Waals surface area contributed by atoms with Gasteiger partial charge < -0.3 is 10.1 Å². The van der Waals surface area contributed by atoms with Gasteiger partial charge in [-0.2, -0.15) is 5.10 Å². The minimum Gasteiger partial charge on any atom is -0.473 e. The Morgan fingerprint density at radius 2 is 2.09 bits per heavy atom. The van der Waals surface area contributed by atoms with Gasteiger partial charge in [0.2, 0.25) is 5.88 Å². The molecule has 0 fully saturated rings. The number of halogens is 3. The summed E-state index contributed by atoms with van der Waals surface area (Å²) in [7, 11) is 1.86. The molecule has 0 aliphatic heterocycles. The topological polar surface area (TPSA) is 39.1 Å². The van der Waals surface area contributed by atoms with Crippen molar-refractivity contribution in [2.45, 2.75) is 33.5 Å². The first-order valence-corrected chi connectivity index (χ1v) is 7.65. The number of aromatic nitrogens is 2. The number of benzene rings is 1. The molecule has 0 amide bonds. The molecule has 0 unspecified atom stereocenters. The molecule has 2 aromatic rings. The second kappa shape index (κ2) is 9.11. The Kier molecular flexibility index (Phi) is 7.82. The summed E-state index contributed by atoms with van der Waals surface area (Å²) < 4.78 is 21.3. The molecule has 0 aliphatic carbocycles. The monoisotopic (exact) mass is 361 g/mol. The van der Waals surface area contributed by atoms with Crippen molar-refractivity contribution in [1.29, 1.82) is 0 Å². The standard InChI is InChI=1S/C16H21ClFN3O.ClH/c1-11(2)9-21-16(7-14(20-21)8-19-3)22-10-12-6-13(17)4-5-15(12)18;/h4-7,11,19H,8-10H2,1-3H3;1H. The first-order valence-electron chi connectivity index (χ1n) is 7.27. The maximum Gasteiger partial charge on any atom is 0.212 e. The smallest absolute Gasteiger partial charge is 0.212 e. The zero-order valence-electron chi connectivity index (χ0n) is 13.5. The summed E-state index contributed by atoms with van der Waals surface area (Å²) in [5.74, 6) is 0.751. The largest absolute Gasteiger partial charge is 0.473 e. The van der Waals surface area contributed by atoms with Gasteiger partial charge >= 0.3 is 0 Å². The van der Waals surface area contributed by atoms with Crippen LogP contribution in [0, 0.1) is 11.7 Å². The molecule has 2 rings (SSSR count). The Bertz CT molecular complexity index is 632. The lowest BCUT2D eigenvalue weighted by molar-refractivity contribution is 0.261. The highest BCUT2D eigenvalue weighted by molar-refractivity contribution is 6.30. The zero-order chi connectivity index (χ0) is 16.1. The van der Waals surface area contributed by atoms with Crippen LogP contribution >= 0.6 is 24.0 Å². The second-order valence-corrected chi connectivity index (χ2v) is 6.04. The number of nitrogens with one attached hydrogen (secondary N) is 1. The highest BCUT2D eigenvalue weighted by Crippen LogP contribution is 2.20. The minimum absolute atomic E-state index is 0. The quantitative estimate of drug-likeness (QED) is 0.808. The number of ether oxygens (including phenoxy) is 1. The van der Waals surface area contributed by atoms with Crippen LogP contribution < -0.4 is 10.1 Å². The van der Waals surface area contributed by atoms with E-state index in [1.807, 2.05) is 17.8 Å². The summed E-state index contributed by atoms with van der Waals surface area (Å²) in [5.41, 5.74) is 1.32. The molecule has 23 heavy (non-hydrogen) atoms. The van der Waals surface area contributed by atoms with E-state index in [1.54, 1.807) is 6.07 Å². The van der Waals surface area contributed by atoms with Crippen molar-refractivity contribution in [3.05, 3.63) is 46.4 Å². The fourth-order valence-electron chi connectivity index (χ4n) is 2.12. The van der Waals surface area contributed by atoms with E-state index in [2.05, 4.69) is 24.3 Å². The number of hydrogen-bond donors (Lipinski definition) is 1. The van der Waals surface area contributed by atoms with E-state index in [1.165, 1.54) is 12.1 Å². The first kappa shape index (κ1) is 19.7. The van der Waals surface area contributed by atoms with Crippen molar-refractivity contribution in [2.75, 3.05) is 7.05 Å². The molecule has 0 radical (unpaired) electrons. The van der Waals surface area contributed by atoms with E-state index in [0.717, 1.165) is 12.2 Å². The van der Waals surface area contributed by atoms with Crippen molar-refractivity contribution in [3.63, 3.8) is 0 Å². The molecule has 0 saturated carbocycles. The third-order valence-electron chi connectivity index (χ3n) is 3.07. The van der Waals surface area contributed by atoms with E-state index in [0.29, 0.717) is 28.9 Å². The van der Waals surface area contributed by atoms with Crippen LogP contribution in [0.4, 0.5) is 4.39 Å². The highest BCUT2D eigenvalue weighted by atomic mass is 35.5. The molecule has 1 heterocycles. The Hall–Kier alpha value is -1.30. The average Bonchev–Trinajstić information content (AvgIpc) is 2.81. The third-order valence-corrected chi connectivity index (χ3v) is 3.31. The molecule has 1 aromatic carbocycles. The number of rotatable bonds is 7. The number of nitrogens with zero attached hydrogens (tertiary/aromatic N) is 2. The summed E-state index contributed by atoms with van der Waals surface area (Å²) in [6.07, 6.45) is 0.